The van der Waals surface area contributed by atoms with Crippen LogP contribution in [0.25, 0.3) is 0 Å². The number of nitrogens with zero attached hydrogens (tertiary/aromatic N) is 2. The Labute approximate surface area is 108 Å². The second-order valence-corrected chi connectivity index (χ2v) is 4.12. The van der Waals surface area contributed by atoms with E-state index in [1.165, 1.54) is 5.56 Å². The van der Waals surface area contributed by atoms with E-state index in [4.69, 9.17) is 15.7 Å². The summed E-state index contributed by atoms with van der Waals surface area (Å²) in [6.45, 7) is 5.24. The Morgan fingerprint density at radius 1 is 1.39 bits per heavy atom. The summed E-state index contributed by atoms with van der Waals surface area (Å²) in [7, 11) is 2.05. The maximum Gasteiger partial charge on any atom is 0.170 e. The highest BCUT2D eigenvalue weighted by molar-refractivity contribution is 5.96. The van der Waals surface area contributed by atoms with E-state index in [1.807, 2.05) is 31.2 Å². The van der Waals surface area contributed by atoms with Crippen LogP contribution in [-0.2, 0) is 11.3 Å². The third-order valence-electron chi connectivity index (χ3n) is 2.63. The lowest BCUT2D eigenvalue weighted by Gasteiger charge is -2.16. The fourth-order valence-electron chi connectivity index (χ4n) is 1.59. The van der Waals surface area contributed by atoms with E-state index in [0.717, 1.165) is 31.9 Å². The molecule has 0 aromatic heterocycles. The van der Waals surface area contributed by atoms with Crippen molar-refractivity contribution in [1.82, 2.24) is 4.90 Å². The monoisotopic (exact) mass is 251 g/mol. The fraction of sp³-hybridized carbons (Fsp3) is 0.462. The minimum absolute atomic E-state index is 0.131. The van der Waals surface area contributed by atoms with Crippen LogP contribution >= 0.6 is 0 Å². The van der Waals surface area contributed by atoms with Gasteiger partial charge >= 0.3 is 0 Å². The van der Waals surface area contributed by atoms with E-state index in [0.29, 0.717) is 0 Å². The van der Waals surface area contributed by atoms with Crippen LogP contribution in [0.2, 0.25) is 0 Å². The molecule has 0 atom stereocenters. The molecule has 0 aliphatic rings. The summed E-state index contributed by atoms with van der Waals surface area (Å²) >= 11 is 0. The third-order valence-corrected chi connectivity index (χ3v) is 2.63. The number of likely N-dealkylation sites (N-methyl/N-ethyl adjacent to an activating group) is 1. The molecule has 0 aliphatic carbocycles. The van der Waals surface area contributed by atoms with Gasteiger partial charge < -0.3 is 15.7 Å². The first-order chi connectivity index (χ1) is 8.67. The van der Waals surface area contributed by atoms with Crippen molar-refractivity contribution in [2.75, 3.05) is 26.8 Å². The minimum Gasteiger partial charge on any atom is -0.409 e. The van der Waals surface area contributed by atoms with Gasteiger partial charge in [-0.3, -0.25) is 4.90 Å². The molecule has 0 bridgehead atoms. The average molecular weight is 251 g/mol. The second kappa shape index (κ2) is 7.68. The Kier molecular flexibility index (Phi) is 6.18. The minimum atomic E-state index is 0.131. The Morgan fingerprint density at radius 3 is 2.61 bits per heavy atom. The Hall–Kier alpha value is -1.59. The maximum atomic E-state index is 8.56. The first kappa shape index (κ1) is 14.5. The summed E-state index contributed by atoms with van der Waals surface area (Å²) in [6.07, 6.45) is 0. The highest BCUT2D eigenvalue weighted by Crippen LogP contribution is 2.06. The Balaban J connectivity index is 2.48. The summed E-state index contributed by atoms with van der Waals surface area (Å²) in [5, 5.41) is 11.5. The lowest BCUT2D eigenvalue weighted by atomic mass is 10.1. The number of oxime groups is 1. The number of amidine groups is 1. The summed E-state index contributed by atoms with van der Waals surface area (Å²) in [4.78, 5) is 2.19. The topological polar surface area (TPSA) is 71.1 Å². The standard InChI is InChI=1S/C13H21N3O2/c1-3-18-9-8-16(2)10-11-4-6-12(7-5-11)13(14)15-17/h4-7,17H,3,8-10H2,1-2H3,(H2,14,15). The van der Waals surface area contributed by atoms with Crippen molar-refractivity contribution >= 4 is 5.84 Å². The van der Waals surface area contributed by atoms with Crippen LogP contribution in [0.4, 0.5) is 0 Å². The molecule has 0 saturated carbocycles. The van der Waals surface area contributed by atoms with E-state index in [9.17, 15) is 0 Å². The largest absolute Gasteiger partial charge is 0.409 e. The summed E-state index contributed by atoms with van der Waals surface area (Å²) in [5.74, 6) is 0.131. The second-order valence-electron chi connectivity index (χ2n) is 4.12. The highest BCUT2D eigenvalue weighted by Gasteiger charge is 2.02. The van der Waals surface area contributed by atoms with Crippen LogP contribution in [0.1, 0.15) is 18.1 Å². The fourth-order valence-corrected chi connectivity index (χ4v) is 1.59. The van der Waals surface area contributed by atoms with Crippen LogP contribution in [0.5, 0.6) is 0 Å². The SMILES string of the molecule is CCOCCN(C)Cc1ccc(/C(N)=N/O)cc1. The van der Waals surface area contributed by atoms with Gasteiger partial charge in [0.05, 0.1) is 6.61 Å². The zero-order valence-corrected chi connectivity index (χ0v) is 11.0. The van der Waals surface area contributed by atoms with E-state index in [1.54, 1.807) is 0 Å². The number of hydrogen-bond donors (Lipinski definition) is 2. The number of ether oxygens (including phenoxy) is 1. The molecule has 1 aromatic carbocycles. The van der Waals surface area contributed by atoms with Gasteiger partial charge in [-0.2, -0.15) is 0 Å². The molecule has 3 N–H and O–H groups in total. The molecule has 0 fully saturated rings. The molecule has 0 unspecified atom stereocenters. The quantitative estimate of drug-likeness (QED) is 0.251. The van der Waals surface area contributed by atoms with Gasteiger partial charge in [0.25, 0.3) is 0 Å². The molecular weight excluding hydrogens is 230 g/mol. The molecule has 18 heavy (non-hydrogen) atoms. The Bertz CT molecular complexity index is 376. The number of benzene rings is 1. The zero-order valence-electron chi connectivity index (χ0n) is 11.0. The molecule has 1 aromatic rings. The van der Waals surface area contributed by atoms with E-state index < -0.39 is 0 Å². The molecule has 0 heterocycles. The third kappa shape index (κ3) is 4.73. The number of nitrogens with two attached hydrogens (primary N) is 1. The van der Waals surface area contributed by atoms with Crippen molar-refractivity contribution in [3.8, 4) is 0 Å². The predicted octanol–water partition coefficient (Wildman–Crippen LogP) is 1.25. The first-order valence-corrected chi connectivity index (χ1v) is 6.00. The molecule has 100 valence electrons. The lowest BCUT2D eigenvalue weighted by Crippen LogP contribution is -2.22. The molecule has 0 spiro atoms. The van der Waals surface area contributed by atoms with Gasteiger partial charge in [-0.25, -0.2) is 0 Å². The molecule has 0 radical (unpaired) electrons. The van der Waals surface area contributed by atoms with Gasteiger partial charge in [0, 0.05) is 25.3 Å². The van der Waals surface area contributed by atoms with E-state index >= 15 is 0 Å². The Morgan fingerprint density at radius 2 is 2.06 bits per heavy atom. The van der Waals surface area contributed by atoms with Crippen LogP contribution in [-0.4, -0.2) is 42.7 Å². The van der Waals surface area contributed by atoms with Gasteiger partial charge in [-0.1, -0.05) is 29.4 Å². The van der Waals surface area contributed by atoms with Crippen molar-refractivity contribution < 1.29 is 9.94 Å². The van der Waals surface area contributed by atoms with E-state index in [2.05, 4.69) is 17.1 Å². The molecule has 1 rings (SSSR count). The van der Waals surface area contributed by atoms with Gasteiger partial charge in [0.2, 0.25) is 0 Å². The zero-order chi connectivity index (χ0) is 13.4. The van der Waals surface area contributed by atoms with Crippen molar-refractivity contribution in [1.29, 1.82) is 0 Å². The number of hydrogen-bond acceptors (Lipinski definition) is 4. The van der Waals surface area contributed by atoms with Crippen molar-refractivity contribution in [3.63, 3.8) is 0 Å². The first-order valence-electron chi connectivity index (χ1n) is 6.00. The van der Waals surface area contributed by atoms with Gasteiger partial charge in [-0.15, -0.1) is 0 Å². The smallest absolute Gasteiger partial charge is 0.170 e. The molecule has 5 nitrogen and oxygen atoms in total. The summed E-state index contributed by atoms with van der Waals surface area (Å²) < 4.78 is 5.31. The van der Waals surface area contributed by atoms with Crippen LogP contribution in [0, 0.1) is 0 Å². The summed E-state index contributed by atoms with van der Waals surface area (Å²) in [5.41, 5.74) is 7.40. The molecule has 0 aliphatic heterocycles. The number of rotatable bonds is 7. The van der Waals surface area contributed by atoms with Crippen LogP contribution in [0.3, 0.4) is 0 Å². The predicted molar refractivity (Wildman–Crippen MR) is 71.8 cm³/mol. The lowest BCUT2D eigenvalue weighted by molar-refractivity contribution is 0.120. The normalized spacial score (nSPS) is 12.1. The highest BCUT2D eigenvalue weighted by atomic mass is 16.5. The van der Waals surface area contributed by atoms with Gasteiger partial charge in [-0.05, 0) is 19.5 Å². The average Bonchev–Trinajstić information content (AvgIpc) is 2.39. The van der Waals surface area contributed by atoms with E-state index in [-0.39, 0.29) is 5.84 Å². The molecular formula is C13H21N3O2. The maximum absolute atomic E-state index is 8.56. The van der Waals surface area contributed by atoms with Crippen LogP contribution < -0.4 is 5.73 Å². The van der Waals surface area contributed by atoms with Crippen LogP contribution in [0.15, 0.2) is 29.4 Å². The van der Waals surface area contributed by atoms with Crippen molar-refractivity contribution in [2.24, 2.45) is 10.9 Å². The molecule has 5 heteroatoms. The molecule has 0 saturated heterocycles. The van der Waals surface area contributed by atoms with Gasteiger partial charge in [0.15, 0.2) is 5.84 Å². The van der Waals surface area contributed by atoms with Crippen molar-refractivity contribution in [2.45, 2.75) is 13.5 Å². The van der Waals surface area contributed by atoms with Gasteiger partial charge in [0.1, 0.15) is 0 Å². The van der Waals surface area contributed by atoms with Crippen molar-refractivity contribution in [3.05, 3.63) is 35.4 Å². The summed E-state index contributed by atoms with van der Waals surface area (Å²) in [6, 6.07) is 7.65. The molecule has 0 amide bonds.